The third-order valence-corrected chi connectivity index (χ3v) is 7.97. The summed E-state index contributed by atoms with van der Waals surface area (Å²) >= 11 is 0. The molecule has 1 aliphatic heterocycles. The van der Waals surface area contributed by atoms with Crippen LogP contribution in [0.1, 0.15) is 62.0 Å². The van der Waals surface area contributed by atoms with E-state index in [1.54, 1.807) is 12.3 Å². The molecule has 158 valence electrons. The summed E-state index contributed by atoms with van der Waals surface area (Å²) in [5.74, 6) is 1.40. The van der Waals surface area contributed by atoms with Gasteiger partial charge in [-0.05, 0) is 61.8 Å². The van der Waals surface area contributed by atoms with Crippen LogP contribution < -0.4 is 15.4 Å². The topological polar surface area (TPSA) is 101 Å². The van der Waals surface area contributed by atoms with Crippen LogP contribution in [0.4, 0.5) is 17.5 Å². The third kappa shape index (κ3) is 3.70. The molecule has 1 aromatic carbocycles. The van der Waals surface area contributed by atoms with E-state index in [0.717, 1.165) is 56.2 Å². The van der Waals surface area contributed by atoms with Crippen molar-refractivity contribution in [2.75, 3.05) is 9.62 Å². The van der Waals surface area contributed by atoms with Crippen LogP contribution >= 0.6 is 0 Å². The summed E-state index contributed by atoms with van der Waals surface area (Å²) in [5, 5.41) is 4.49. The van der Waals surface area contributed by atoms with Crippen molar-refractivity contribution in [3.05, 3.63) is 47.0 Å². The van der Waals surface area contributed by atoms with Gasteiger partial charge in [0.25, 0.3) is 10.0 Å². The summed E-state index contributed by atoms with van der Waals surface area (Å²) in [4.78, 5) is 8.99. The van der Waals surface area contributed by atoms with Gasteiger partial charge in [0.15, 0.2) is 5.82 Å². The van der Waals surface area contributed by atoms with Crippen LogP contribution in [0.2, 0.25) is 0 Å². The Morgan fingerprint density at radius 2 is 1.83 bits per heavy atom. The number of nitrogens with zero attached hydrogens (tertiary/aromatic N) is 3. The average molecular weight is 426 g/mol. The van der Waals surface area contributed by atoms with Gasteiger partial charge in [-0.25, -0.2) is 17.7 Å². The van der Waals surface area contributed by atoms with Crippen LogP contribution in [0.3, 0.4) is 0 Å². The summed E-state index contributed by atoms with van der Waals surface area (Å²) in [6.07, 6.45) is 10.4. The molecule has 2 aromatic rings. The van der Waals surface area contributed by atoms with E-state index < -0.39 is 10.0 Å². The molecule has 2 heterocycles. The van der Waals surface area contributed by atoms with Crippen LogP contribution in [-0.4, -0.2) is 30.5 Å². The third-order valence-electron chi connectivity index (χ3n) is 6.47. The molecule has 0 radical (unpaired) electrons. The molecule has 0 bridgehead atoms. The molecule has 2 saturated carbocycles. The Morgan fingerprint density at radius 3 is 2.53 bits per heavy atom. The molecule has 2 fully saturated rings. The summed E-state index contributed by atoms with van der Waals surface area (Å²) < 4.78 is 27.0. The van der Waals surface area contributed by atoms with Crippen molar-refractivity contribution in [2.24, 2.45) is 5.73 Å². The minimum atomic E-state index is -3.51. The lowest BCUT2D eigenvalue weighted by atomic mass is 9.97. The van der Waals surface area contributed by atoms with E-state index in [9.17, 15) is 8.42 Å². The summed E-state index contributed by atoms with van der Waals surface area (Å²) in [6, 6.07) is 8.58. The number of hydrogen-bond acceptors (Lipinski definition) is 6. The molecule has 5 rings (SSSR count). The van der Waals surface area contributed by atoms with Gasteiger partial charge in [-0.1, -0.05) is 25.0 Å². The van der Waals surface area contributed by atoms with Crippen molar-refractivity contribution in [1.29, 1.82) is 0 Å². The highest BCUT2D eigenvalue weighted by Gasteiger charge is 2.35. The largest absolute Gasteiger partial charge is 0.328 e. The smallest absolute Gasteiger partial charge is 0.258 e. The van der Waals surface area contributed by atoms with Crippen LogP contribution in [0.25, 0.3) is 6.08 Å². The number of rotatable bonds is 4. The van der Waals surface area contributed by atoms with Crippen molar-refractivity contribution >= 4 is 33.6 Å². The van der Waals surface area contributed by atoms with Crippen LogP contribution in [0.15, 0.2) is 35.9 Å². The van der Waals surface area contributed by atoms with Crippen molar-refractivity contribution < 1.29 is 8.42 Å². The van der Waals surface area contributed by atoms with E-state index in [4.69, 9.17) is 5.73 Å². The fraction of sp³-hybridized carbons (Fsp3) is 0.455. The lowest BCUT2D eigenvalue weighted by Gasteiger charge is -2.31. The van der Waals surface area contributed by atoms with Crippen molar-refractivity contribution in [3.63, 3.8) is 0 Å². The molecule has 3 aliphatic rings. The lowest BCUT2D eigenvalue weighted by Crippen LogP contribution is -2.40. The minimum Gasteiger partial charge on any atom is -0.328 e. The number of nitrogens with two attached hydrogens (primary N) is 1. The van der Waals surface area contributed by atoms with Crippen LogP contribution in [-0.2, 0) is 10.0 Å². The highest BCUT2D eigenvalue weighted by molar-refractivity contribution is 7.95. The molecule has 0 saturated heterocycles. The maximum Gasteiger partial charge on any atom is 0.258 e. The quantitative estimate of drug-likeness (QED) is 0.771. The molecule has 7 nitrogen and oxygen atoms in total. The highest BCUT2D eigenvalue weighted by atomic mass is 32.2. The number of nitrogens with one attached hydrogen (secondary N) is 1. The standard InChI is InChI=1S/C22H27N5O2S/c23-18-8-5-16(13-18)15-6-9-19(10-7-15)25-22-24-14-17-11-12-30(28,29)27(21(17)26-22)20-3-1-2-4-20/h6-7,9-12,14,16,18,20H,1-5,8,13,23H2,(H,24,25,26). The molecule has 0 spiro atoms. The fourth-order valence-corrected chi connectivity index (χ4v) is 6.35. The summed E-state index contributed by atoms with van der Waals surface area (Å²) in [7, 11) is -3.51. The molecule has 1 aromatic heterocycles. The second kappa shape index (κ2) is 7.67. The van der Waals surface area contributed by atoms with Gasteiger partial charge in [0, 0.05) is 29.5 Å². The van der Waals surface area contributed by atoms with E-state index in [2.05, 4.69) is 27.4 Å². The van der Waals surface area contributed by atoms with E-state index >= 15 is 0 Å². The zero-order valence-electron chi connectivity index (χ0n) is 16.9. The van der Waals surface area contributed by atoms with Crippen LogP contribution in [0.5, 0.6) is 0 Å². The van der Waals surface area contributed by atoms with E-state index in [1.165, 1.54) is 15.3 Å². The molecule has 30 heavy (non-hydrogen) atoms. The van der Waals surface area contributed by atoms with Gasteiger partial charge < -0.3 is 11.1 Å². The number of benzene rings is 1. The summed E-state index contributed by atoms with van der Waals surface area (Å²) in [5.41, 5.74) is 8.96. The van der Waals surface area contributed by atoms with Crippen molar-refractivity contribution in [2.45, 2.75) is 62.9 Å². The Bertz CT molecular complexity index is 1060. The number of anilines is 3. The average Bonchev–Trinajstić information content (AvgIpc) is 3.40. The zero-order chi connectivity index (χ0) is 20.7. The first-order valence-electron chi connectivity index (χ1n) is 10.7. The Morgan fingerprint density at radius 1 is 1.07 bits per heavy atom. The molecule has 2 unspecified atom stereocenters. The molecular formula is C22H27N5O2S. The normalized spacial score (nSPS) is 25.4. The fourth-order valence-electron chi connectivity index (χ4n) is 4.89. The van der Waals surface area contributed by atoms with Crippen molar-refractivity contribution in [3.8, 4) is 0 Å². The number of sulfonamides is 1. The first-order chi connectivity index (χ1) is 14.5. The molecule has 8 heteroatoms. The molecule has 0 amide bonds. The first-order valence-corrected chi connectivity index (χ1v) is 12.2. The molecule has 3 N–H and O–H groups in total. The SMILES string of the molecule is NC1CCC(c2ccc(Nc3ncc4c(n3)N(C3CCCC3)S(=O)(=O)C=C4)cc2)C1. The number of aromatic nitrogens is 2. The number of fused-ring (bicyclic) bond motifs is 1. The predicted octanol–water partition coefficient (Wildman–Crippen LogP) is 3.88. The number of hydrogen-bond donors (Lipinski definition) is 2. The Balaban J connectivity index is 1.39. The minimum absolute atomic E-state index is 0.0292. The van der Waals surface area contributed by atoms with E-state index in [1.807, 2.05) is 12.1 Å². The summed E-state index contributed by atoms with van der Waals surface area (Å²) in [6.45, 7) is 0. The van der Waals surface area contributed by atoms with E-state index in [0.29, 0.717) is 23.7 Å². The van der Waals surface area contributed by atoms with Gasteiger partial charge in [0.05, 0.1) is 5.41 Å². The molecule has 2 aliphatic carbocycles. The lowest BCUT2D eigenvalue weighted by molar-refractivity contribution is 0.581. The Labute approximate surface area is 177 Å². The van der Waals surface area contributed by atoms with Gasteiger partial charge in [0.2, 0.25) is 5.95 Å². The van der Waals surface area contributed by atoms with Gasteiger partial charge in [0.1, 0.15) is 0 Å². The zero-order valence-corrected chi connectivity index (χ0v) is 17.7. The first kappa shape index (κ1) is 19.5. The molecule has 2 atom stereocenters. The van der Waals surface area contributed by atoms with E-state index in [-0.39, 0.29) is 6.04 Å². The van der Waals surface area contributed by atoms with Gasteiger partial charge >= 0.3 is 0 Å². The maximum absolute atomic E-state index is 12.7. The van der Waals surface area contributed by atoms with Gasteiger partial charge in [-0.3, -0.25) is 0 Å². The van der Waals surface area contributed by atoms with Crippen molar-refractivity contribution in [1.82, 2.24) is 9.97 Å². The second-order valence-electron chi connectivity index (χ2n) is 8.57. The van der Waals surface area contributed by atoms with Gasteiger partial charge in [-0.15, -0.1) is 0 Å². The monoisotopic (exact) mass is 425 g/mol. The van der Waals surface area contributed by atoms with Gasteiger partial charge in [-0.2, -0.15) is 4.98 Å². The highest BCUT2D eigenvalue weighted by Crippen LogP contribution is 2.37. The van der Waals surface area contributed by atoms with Crippen LogP contribution in [0, 0.1) is 0 Å². The Kier molecular flexibility index (Phi) is 4.99. The predicted molar refractivity (Wildman–Crippen MR) is 119 cm³/mol. The second-order valence-corrected chi connectivity index (χ2v) is 10.3. The molecular weight excluding hydrogens is 398 g/mol. The Hall–Kier alpha value is -2.45. The maximum atomic E-state index is 12.7.